The van der Waals surface area contributed by atoms with Crippen molar-refractivity contribution in [2.24, 2.45) is 5.41 Å². The number of rotatable bonds is 9. The number of benzene rings is 2. The molecule has 0 amide bonds. The van der Waals surface area contributed by atoms with Gasteiger partial charge in [0.05, 0.1) is 23.5 Å². The molecule has 2 aromatic carbocycles. The van der Waals surface area contributed by atoms with Crippen LogP contribution >= 0.6 is 0 Å². The van der Waals surface area contributed by atoms with Crippen LogP contribution in [-0.4, -0.2) is 51.0 Å². The molecule has 228 valence electrons. The van der Waals surface area contributed by atoms with Crippen molar-refractivity contribution in [2.45, 2.75) is 72.5 Å². The SMILES string of the molecule is Cc1c([C@H](OC(C)(C)C)C(=O)O)c(N2CCC(C)(C)CC2)c(-c2ccc(OCCc3ccc(F)cc3)cc2)c2ncnn12. The van der Waals surface area contributed by atoms with E-state index < -0.39 is 17.7 Å². The van der Waals surface area contributed by atoms with Crippen LogP contribution in [0, 0.1) is 18.2 Å². The smallest absolute Gasteiger partial charge is 0.337 e. The zero-order chi connectivity index (χ0) is 30.9. The highest BCUT2D eigenvalue weighted by atomic mass is 19.1. The van der Waals surface area contributed by atoms with Gasteiger partial charge in [-0.1, -0.05) is 38.1 Å². The molecule has 0 saturated carbocycles. The number of carbonyl (C=O) groups is 1. The minimum absolute atomic E-state index is 0.200. The number of hydrogen-bond donors (Lipinski definition) is 1. The number of carboxylic acid groups (broad SMARTS) is 1. The maximum Gasteiger partial charge on any atom is 0.337 e. The highest BCUT2D eigenvalue weighted by Gasteiger charge is 2.37. The minimum atomic E-state index is -1.20. The van der Waals surface area contributed by atoms with Crippen LogP contribution in [0.1, 0.15) is 70.4 Å². The second kappa shape index (κ2) is 12.0. The second-order valence-electron chi connectivity index (χ2n) is 13.1. The number of piperidine rings is 1. The van der Waals surface area contributed by atoms with Crippen molar-refractivity contribution in [1.82, 2.24) is 14.6 Å². The lowest BCUT2D eigenvalue weighted by molar-refractivity contribution is -0.160. The van der Waals surface area contributed by atoms with Crippen LogP contribution in [0.15, 0.2) is 54.9 Å². The molecule has 0 aliphatic carbocycles. The lowest BCUT2D eigenvalue weighted by Gasteiger charge is -2.41. The molecule has 1 N–H and O–H groups in total. The van der Waals surface area contributed by atoms with E-state index in [4.69, 9.17) is 9.47 Å². The third kappa shape index (κ3) is 6.82. The summed E-state index contributed by atoms with van der Waals surface area (Å²) in [6, 6.07) is 14.2. The van der Waals surface area contributed by atoms with Gasteiger partial charge in [-0.2, -0.15) is 5.10 Å². The summed E-state index contributed by atoms with van der Waals surface area (Å²) in [5.41, 5.74) is 4.97. The van der Waals surface area contributed by atoms with E-state index in [2.05, 4.69) is 28.8 Å². The van der Waals surface area contributed by atoms with Crippen LogP contribution in [0.25, 0.3) is 16.8 Å². The number of ether oxygens (including phenoxy) is 2. The van der Waals surface area contributed by atoms with Gasteiger partial charge >= 0.3 is 5.97 Å². The normalized spacial score (nSPS) is 15.9. The molecule has 1 aliphatic rings. The first-order chi connectivity index (χ1) is 20.3. The summed E-state index contributed by atoms with van der Waals surface area (Å²) in [5.74, 6) is -0.600. The van der Waals surface area contributed by atoms with Crippen molar-refractivity contribution >= 4 is 17.3 Å². The van der Waals surface area contributed by atoms with Crippen LogP contribution in [-0.2, 0) is 16.0 Å². The van der Waals surface area contributed by atoms with Gasteiger partial charge in [-0.05, 0) is 81.3 Å². The Labute approximate surface area is 252 Å². The summed E-state index contributed by atoms with van der Waals surface area (Å²) in [4.78, 5) is 19.8. The Morgan fingerprint density at radius 3 is 2.33 bits per heavy atom. The second-order valence-corrected chi connectivity index (χ2v) is 13.1. The third-order valence-electron chi connectivity index (χ3n) is 8.08. The monoisotopic (exact) mass is 588 g/mol. The Morgan fingerprint density at radius 2 is 1.72 bits per heavy atom. The maximum atomic E-state index is 13.2. The highest BCUT2D eigenvalue weighted by Crippen LogP contribution is 2.45. The fourth-order valence-corrected chi connectivity index (χ4v) is 5.67. The van der Waals surface area contributed by atoms with Gasteiger partial charge < -0.3 is 19.5 Å². The Morgan fingerprint density at radius 1 is 1.07 bits per heavy atom. The topological polar surface area (TPSA) is 89.2 Å². The molecule has 9 heteroatoms. The number of hydrogen-bond acceptors (Lipinski definition) is 6. The fourth-order valence-electron chi connectivity index (χ4n) is 5.67. The van der Waals surface area contributed by atoms with E-state index in [0.717, 1.165) is 48.3 Å². The zero-order valence-corrected chi connectivity index (χ0v) is 25.9. The number of carboxylic acids is 1. The molecular formula is C34H41FN4O4. The summed E-state index contributed by atoms with van der Waals surface area (Å²) in [6.45, 7) is 14.0. The van der Waals surface area contributed by atoms with Crippen LogP contribution in [0.4, 0.5) is 10.1 Å². The molecule has 8 nitrogen and oxygen atoms in total. The summed E-state index contributed by atoms with van der Waals surface area (Å²) in [7, 11) is 0. The van der Waals surface area contributed by atoms with Gasteiger partial charge in [-0.3, -0.25) is 0 Å². The van der Waals surface area contributed by atoms with Crippen LogP contribution in [0.5, 0.6) is 5.75 Å². The lowest BCUT2D eigenvalue weighted by Crippen LogP contribution is -2.39. The van der Waals surface area contributed by atoms with Gasteiger partial charge in [0.15, 0.2) is 11.8 Å². The fraction of sp³-hybridized carbons (Fsp3) is 0.441. The van der Waals surface area contributed by atoms with Crippen LogP contribution in [0.2, 0.25) is 0 Å². The highest BCUT2D eigenvalue weighted by molar-refractivity contribution is 5.94. The average Bonchev–Trinajstić information content (AvgIpc) is 3.43. The van der Waals surface area contributed by atoms with Gasteiger partial charge in [0.1, 0.15) is 17.9 Å². The Bertz CT molecular complexity index is 1580. The molecule has 0 radical (unpaired) electrons. The molecule has 5 rings (SSSR count). The molecule has 1 fully saturated rings. The molecule has 43 heavy (non-hydrogen) atoms. The van der Waals surface area contributed by atoms with Gasteiger partial charge in [-0.15, -0.1) is 0 Å². The molecule has 2 aromatic heterocycles. The molecule has 3 heterocycles. The van der Waals surface area contributed by atoms with E-state index in [1.54, 1.807) is 16.6 Å². The largest absolute Gasteiger partial charge is 0.493 e. The van der Waals surface area contributed by atoms with Gasteiger partial charge in [-0.25, -0.2) is 18.7 Å². The first-order valence-electron chi connectivity index (χ1n) is 14.8. The van der Waals surface area contributed by atoms with Crippen molar-refractivity contribution in [2.75, 3.05) is 24.6 Å². The minimum Gasteiger partial charge on any atom is -0.493 e. The van der Waals surface area contributed by atoms with Gasteiger partial charge in [0.2, 0.25) is 0 Å². The maximum absolute atomic E-state index is 13.2. The summed E-state index contributed by atoms with van der Waals surface area (Å²) in [5, 5.41) is 15.0. The van der Waals surface area contributed by atoms with E-state index in [1.165, 1.54) is 18.5 Å². The Balaban J connectivity index is 1.58. The zero-order valence-electron chi connectivity index (χ0n) is 25.9. The number of aryl methyl sites for hydroxylation is 1. The number of nitrogens with zero attached hydrogens (tertiary/aromatic N) is 4. The van der Waals surface area contributed by atoms with E-state index in [1.807, 2.05) is 52.0 Å². The van der Waals surface area contributed by atoms with E-state index >= 15 is 0 Å². The first-order valence-corrected chi connectivity index (χ1v) is 14.8. The molecule has 1 aliphatic heterocycles. The molecule has 0 bridgehead atoms. The molecule has 4 aromatic rings. The van der Waals surface area contributed by atoms with Crippen molar-refractivity contribution in [3.05, 3.63) is 77.5 Å². The predicted molar refractivity (Wildman–Crippen MR) is 165 cm³/mol. The van der Waals surface area contributed by atoms with Crippen molar-refractivity contribution in [1.29, 1.82) is 0 Å². The lowest BCUT2D eigenvalue weighted by atomic mass is 9.82. The first kappa shape index (κ1) is 30.5. The molecule has 1 atom stereocenters. The van der Waals surface area contributed by atoms with Gasteiger partial charge in [0.25, 0.3) is 0 Å². The number of anilines is 1. The standard InChI is InChI=1S/C34H41FN4O4/c1-22-27(30(32(40)41)43-33(2,3)4)29(38-18-16-34(5,6)17-19-38)28(31-36-21-37-39(22)31)24-9-13-26(14-10-24)42-20-15-23-7-11-25(35)12-8-23/h7-14,21,30H,15-20H2,1-6H3,(H,40,41)/t30-/m0/s1. The average molecular weight is 589 g/mol. The van der Waals surface area contributed by atoms with E-state index in [9.17, 15) is 14.3 Å². The Kier molecular flexibility index (Phi) is 8.47. The summed E-state index contributed by atoms with van der Waals surface area (Å²) < 4.78 is 27.2. The van der Waals surface area contributed by atoms with Crippen LogP contribution < -0.4 is 9.64 Å². The summed E-state index contributed by atoms with van der Waals surface area (Å²) in [6.07, 6.45) is 2.91. The van der Waals surface area contributed by atoms with Gasteiger partial charge in [0, 0.05) is 30.8 Å². The number of pyridine rings is 1. The van der Waals surface area contributed by atoms with Crippen molar-refractivity contribution in [3.8, 4) is 16.9 Å². The van der Waals surface area contributed by atoms with Crippen LogP contribution in [0.3, 0.4) is 0 Å². The molecule has 1 saturated heterocycles. The van der Waals surface area contributed by atoms with E-state index in [-0.39, 0.29) is 11.2 Å². The Hall–Kier alpha value is -3.98. The number of aliphatic carboxylic acids is 1. The number of aromatic nitrogens is 3. The van der Waals surface area contributed by atoms with Crippen molar-refractivity contribution in [3.63, 3.8) is 0 Å². The predicted octanol–water partition coefficient (Wildman–Crippen LogP) is 7.03. The molecule has 0 unspecified atom stereocenters. The number of halogens is 1. The van der Waals surface area contributed by atoms with Crippen molar-refractivity contribution < 1.29 is 23.8 Å². The quantitative estimate of drug-likeness (QED) is 0.224. The molecular weight excluding hydrogens is 547 g/mol. The summed E-state index contributed by atoms with van der Waals surface area (Å²) >= 11 is 0. The molecule has 0 spiro atoms. The van der Waals surface area contributed by atoms with E-state index in [0.29, 0.717) is 35.7 Å². The number of fused-ring (bicyclic) bond motifs is 1. The third-order valence-corrected chi connectivity index (χ3v) is 8.08.